The van der Waals surface area contributed by atoms with Crippen molar-refractivity contribution in [2.24, 2.45) is 0 Å². The van der Waals surface area contributed by atoms with Gasteiger partial charge >= 0.3 is 0 Å². The van der Waals surface area contributed by atoms with Gasteiger partial charge in [-0.1, -0.05) is 30.3 Å². The number of nitrogens with zero attached hydrogens (tertiary/aromatic N) is 1. The summed E-state index contributed by atoms with van der Waals surface area (Å²) >= 11 is 0. The van der Waals surface area contributed by atoms with Crippen LogP contribution < -0.4 is 23.8 Å². The molecule has 0 saturated carbocycles. The summed E-state index contributed by atoms with van der Waals surface area (Å²) in [6, 6.07) is 20.7. The van der Waals surface area contributed by atoms with Crippen LogP contribution in [0, 0.1) is 0 Å². The molecule has 1 N–H and O–H groups in total. The lowest BCUT2D eigenvalue weighted by atomic mass is 9.95. The highest BCUT2D eigenvalue weighted by molar-refractivity contribution is 7.92. The van der Waals surface area contributed by atoms with E-state index < -0.39 is 28.0 Å². The zero-order chi connectivity index (χ0) is 27.1. The van der Waals surface area contributed by atoms with E-state index in [9.17, 15) is 13.2 Å². The predicted octanol–water partition coefficient (Wildman–Crippen LogP) is 4.44. The third kappa shape index (κ3) is 7.16. The second-order valence-electron chi connectivity index (χ2n) is 9.05. The van der Waals surface area contributed by atoms with E-state index in [0.29, 0.717) is 30.2 Å². The van der Waals surface area contributed by atoms with E-state index in [1.54, 1.807) is 24.3 Å². The number of rotatable bonds is 12. The highest BCUT2D eigenvalue weighted by Gasteiger charge is 2.30. The number of anilines is 1. The van der Waals surface area contributed by atoms with Crippen LogP contribution in [0.25, 0.3) is 0 Å². The van der Waals surface area contributed by atoms with Gasteiger partial charge in [-0.05, 0) is 69.2 Å². The van der Waals surface area contributed by atoms with Crippen molar-refractivity contribution >= 4 is 21.6 Å². The molecule has 8 nitrogen and oxygen atoms in total. The molecule has 0 radical (unpaired) electrons. The predicted molar refractivity (Wildman–Crippen MR) is 144 cm³/mol. The van der Waals surface area contributed by atoms with E-state index in [2.05, 4.69) is 5.32 Å². The molecule has 3 aromatic rings. The molecule has 3 rings (SSSR count). The molecule has 198 valence electrons. The molecule has 3 aromatic carbocycles. The first kappa shape index (κ1) is 27.9. The molecule has 1 amide bonds. The summed E-state index contributed by atoms with van der Waals surface area (Å²) in [5.41, 5.74) is 0.791. The van der Waals surface area contributed by atoms with Crippen molar-refractivity contribution in [3.63, 3.8) is 0 Å². The van der Waals surface area contributed by atoms with Gasteiger partial charge in [-0.15, -0.1) is 0 Å². The number of ether oxygens (including phenoxy) is 3. The second kappa shape index (κ2) is 12.0. The van der Waals surface area contributed by atoms with Gasteiger partial charge in [-0.25, -0.2) is 8.42 Å². The first-order chi connectivity index (χ1) is 17.6. The van der Waals surface area contributed by atoms with Gasteiger partial charge in [0.15, 0.2) is 11.5 Å². The molecule has 0 bridgehead atoms. The van der Waals surface area contributed by atoms with Gasteiger partial charge in [0, 0.05) is 11.6 Å². The standard InChI is InChI=1S/C28H34N2O6S/c1-6-36-23-14-12-22(13-15-23)30(37(32,33)24-16-17-25(34-4)26(18-24)35-5)20-27(31)29-28(2,3)19-21-10-8-7-9-11-21/h7-18H,6,19-20H2,1-5H3,(H,29,31). The van der Waals surface area contributed by atoms with Gasteiger partial charge < -0.3 is 19.5 Å². The van der Waals surface area contributed by atoms with E-state index in [0.717, 1.165) is 9.87 Å². The molecule has 0 aliphatic heterocycles. The molecular formula is C28H34N2O6S. The Kier molecular flexibility index (Phi) is 9.04. The van der Waals surface area contributed by atoms with Crippen molar-refractivity contribution in [1.82, 2.24) is 5.32 Å². The maximum Gasteiger partial charge on any atom is 0.264 e. The minimum atomic E-state index is -4.15. The van der Waals surface area contributed by atoms with Crippen LogP contribution in [0.2, 0.25) is 0 Å². The van der Waals surface area contributed by atoms with Crippen molar-refractivity contribution in [3.05, 3.63) is 78.4 Å². The molecule has 0 heterocycles. The molecule has 0 fully saturated rings. The Labute approximate surface area is 219 Å². The lowest BCUT2D eigenvalue weighted by Gasteiger charge is -2.29. The van der Waals surface area contributed by atoms with Crippen molar-refractivity contribution in [1.29, 1.82) is 0 Å². The Bertz CT molecular complexity index is 1290. The molecule has 0 aliphatic rings. The summed E-state index contributed by atoms with van der Waals surface area (Å²) < 4.78 is 44.8. The van der Waals surface area contributed by atoms with E-state index >= 15 is 0 Å². The van der Waals surface area contributed by atoms with Crippen LogP contribution in [0.3, 0.4) is 0 Å². The number of carbonyl (C=O) groups is 1. The zero-order valence-electron chi connectivity index (χ0n) is 21.9. The van der Waals surface area contributed by atoms with Gasteiger partial charge in [0.1, 0.15) is 12.3 Å². The van der Waals surface area contributed by atoms with Gasteiger partial charge in [0.25, 0.3) is 10.0 Å². The molecule has 0 aliphatic carbocycles. The summed E-state index contributed by atoms with van der Waals surface area (Å²) in [6.07, 6.45) is 0.588. The molecule has 0 saturated heterocycles. The van der Waals surface area contributed by atoms with Crippen LogP contribution in [0.15, 0.2) is 77.7 Å². The van der Waals surface area contributed by atoms with Crippen LogP contribution >= 0.6 is 0 Å². The maximum atomic E-state index is 13.8. The smallest absolute Gasteiger partial charge is 0.264 e. The van der Waals surface area contributed by atoms with Crippen molar-refractivity contribution in [2.75, 3.05) is 31.7 Å². The second-order valence-corrected chi connectivity index (χ2v) is 10.9. The SMILES string of the molecule is CCOc1ccc(N(CC(=O)NC(C)(C)Cc2ccccc2)S(=O)(=O)c2ccc(OC)c(OC)c2)cc1. The molecule has 0 unspecified atom stereocenters. The van der Waals surface area contributed by atoms with E-state index in [4.69, 9.17) is 14.2 Å². The molecule has 0 atom stereocenters. The monoisotopic (exact) mass is 526 g/mol. The molecule has 37 heavy (non-hydrogen) atoms. The highest BCUT2D eigenvalue weighted by Crippen LogP contribution is 2.32. The number of nitrogens with one attached hydrogen (secondary N) is 1. The average molecular weight is 527 g/mol. The quantitative estimate of drug-likeness (QED) is 0.375. The zero-order valence-corrected chi connectivity index (χ0v) is 22.7. The number of amides is 1. The van der Waals surface area contributed by atoms with Crippen LogP contribution in [0.5, 0.6) is 17.2 Å². The molecule has 0 aromatic heterocycles. The first-order valence-corrected chi connectivity index (χ1v) is 13.4. The number of hydrogen-bond donors (Lipinski definition) is 1. The fraction of sp³-hybridized carbons (Fsp3) is 0.321. The van der Waals surface area contributed by atoms with Gasteiger partial charge in [-0.2, -0.15) is 0 Å². The van der Waals surface area contributed by atoms with Crippen LogP contribution in [-0.4, -0.2) is 47.2 Å². The molecule has 0 spiro atoms. The fourth-order valence-corrected chi connectivity index (χ4v) is 5.43. The Morgan fingerprint density at radius 1 is 0.919 bits per heavy atom. The van der Waals surface area contributed by atoms with Gasteiger partial charge in [-0.3, -0.25) is 9.10 Å². The summed E-state index contributed by atoms with van der Waals surface area (Å²) in [6.45, 7) is 5.74. The summed E-state index contributed by atoms with van der Waals surface area (Å²) in [5.74, 6) is 0.833. The number of methoxy groups -OCH3 is 2. The van der Waals surface area contributed by atoms with Crippen LogP contribution in [0.4, 0.5) is 5.69 Å². The average Bonchev–Trinajstić information content (AvgIpc) is 2.87. The largest absolute Gasteiger partial charge is 0.494 e. The summed E-state index contributed by atoms with van der Waals surface area (Å²) in [5, 5.41) is 2.99. The maximum absolute atomic E-state index is 13.8. The molecular weight excluding hydrogens is 492 g/mol. The van der Waals surface area contributed by atoms with Gasteiger partial charge in [0.2, 0.25) is 5.91 Å². The number of sulfonamides is 1. The van der Waals surface area contributed by atoms with Crippen LogP contribution in [0.1, 0.15) is 26.3 Å². The van der Waals surface area contributed by atoms with Crippen LogP contribution in [-0.2, 0) is 21.2 Å². The highest BCUT2D eigenvalue weighted by atomic mass is 32.2. The number of carbonyl (C=O) groups excluding carboxylic acids is 1. The summed E-state index contributed by atoms with van der Waals surface area (Å²) in [7, 11) is -1.25. The Morgan fingerprint density at radius 2 is 1.57 bits per heavy atom. The number of benzene rings is 3. The van der Waals surface area contributed by atoms with E-state index in [1.807, 2.05) is 51.1 Å². The fourth-order valence-electron chi connectivity index (χ4n) is 3.99. The van der Waals surface area contributed by atoms with Gasteiger partial charge in [0.05, 0.1) is 31.4 Å². The minimum Gasteiger partial charge on any atom is -0.494 e. The van der Waals surface area contributed by atoms with Crippen molar-refractivity contribution in [3.8, 4) is 17.2 Å². The third-order valence-electron chi connectivity index (χ3n) is 5.63. The topological polar surface area (TPSA) is 94.2 Å². The summed E-state index contributed by atoms with van der Waals surface area (Å²) in [4.78, 5) is 13.2. The van der Waals surface area contributed by atoms with Crippen molar-refractivity contribution < 1.29 is 27.4 Å². The van der Waals surface area contributed by atoms with Crippen molar-refractivity contribution in [2.45, 2.75) is 37.6 Å². The molecule has 9 heteroatoms. The normalized spacial score (nSPS) is 11.5. The lowest BCUT2D eigenvalue weighted by molar-refractivity contribution is -0.121. The number of hydrogen-bond acceptors (Lipinski definition) is 6. The Morgan fingerprint density at radius 3 is 2.16 bits per heavy atom. The Hall–Kier alpha value is -3.72. The third-order valence-corrected chi connectivity index (χ3v) is 7.40. The Balaban J connectivity index is 1.93. The van der Waals surface area contributed by atoms with E-state index in [-0.39, 0.29) is 10.6 Å². The first-order valence-electron chi connectivity index (χ1n) is 11.9. The minimum absolute atomic E-state index is 0.0321. The van der Waals surface area contributed by atoms with E-state index in [1.165, 1.54) is 32.4 Å². The lowest BCUT2D eigenvalue weighted by Crippen LogP contribution is -2.50.